The Morgan fingerprint density at radius 2 is 2.32 bits per heavy atom. The molecule has 0 fully saturated rings. The monoisotopic (exact) mass is 323 g/mol. The molecule has 2 rings (SSSR count). The lowest BCUT2D eigenvalue weighted by Crippen LogP contribution is -2.27. The van der Waals surface area contributed by atoms with Crippen LogP contribution in [0.4, 0.5) is 4.39 Å². The number of hydrogen-bond donors (Lipinski definition) is 0. The van der Waals surface area contributed by atoms with Crippen LogP contribution in [0.15, 0.2) is 23.8 Å². The number of pyridine rings is 1. The van der Waals surface area contributed by atoms with E-state index in [-0.39, 0.29) is 11.7 Å². The summed E-state index contributed by atoms with van der Waals surface area (Å²) in [6.07, 6.45) is 2.36. The summed E-state index contributed by atoms with van der Waals surface area (Å²) in [6, 6.07) is 1.37. The van der Waals surface area contributed by atoms with Crippen LogP contribution < -0.4 is 0 Å². The fraction of sp³-hybridized carbons (Fsp3) is 0.400. The fourth-order valence-electron chi connectivity index (χ4n) is 1.97. The van der Waals surface area contributed by atoms with Gasteiger partial charge < -0.3 is 9.64 Å². The Labute approximate surface area is 132 Å². The zero-order chi connectivity index (χ0) is 16.1. The SMILES string of the molecule is CCO[C@@H](C)c1nc(CN(C)C(=O)c2ccncc2F)cs1. The summed E-state index contributed by atoms with van der Waals surface area (Å²) in [6.45, 7) is 4.81. The molecule has 0 N–H and O–H groups in total. The highest BCUT2D eigenvalue weighted by molar-refractivity contribution is 7.09. The van der Waals surface area contributed by atoms with Gasteiger partial charge in [-0.05, 0) is 19.9 Å². The molecule has 2 aromatic heterocycles. The van der Waals surface area contributed by atoms with Gasteiger partial charge in [-0.3, -0.25) is 9.78 Å². The second kappa shape index (κ2) is 7.42. The Balaban J connectivity index is 2.04. The van der Waals surface area contributed by atoms with E-state index >= 15 is 0 Å². The summed E-state index contributed by atoms with van der Waals surface area (Å²) in [7, 11) is 1.62. The average molecular weight is 323 g/mol. The first-order valence-electron chi connectivity index (χ1n) is 6.93. The van der Waals surface area contributed by atoms with Crippen molar-refractivity contribution in [1.82, 2.24) is 14.9 Å². The Morgan fingerprint density at radius 3 is 3.00 bits per heavy atom. The highest BCUT2D eigenvalue weighted by atomic mass is 32.1. The first-order valence-corrected chi connectivity index (χ1v) is 7.81. The fourth-order valence-corrected chi connectivity index (χ4v) is 2.79. The topological polar surface area (TPSA) is 55.3 Å². The number of halogens is 1. The summed E-state index contributed by atoms with van der Waals surface area (Å²) in [5.41, 5.74) is 0.771. The molecule has 0 radical (unpaired) electrons. The summed E-state index contributed by atoms with van der Waals surface area (Å²) in [4.78, 5) is 21.8. The maximum atomic E-state index is 13.6. The first-order chi connectivity index (χ1) is 10.5. The van der Waals surface area contributed by atoms with E-state index in [1.807, 2.05) is 19.2 Å². The van der Waals surface area contributed by atoms with Gasteiger partial charge in [0.15, 0.2) is 5.82 Å². The van der Waals surface area contributed by atoms with Crippen LogP contribution in [0.25, 0.3) is 0 Å². The van der Waals surface area contributed by atoms with Crippen LogP contribution in [0.1, 0.15) is 41.0 Å². The number of amides is 1. The minimum atomic E-state index is -0.622. The van der Waals surface area contributed by atoms with Crippen molar-refractivity contribution in [3.8, 4) is 0 Å². The van der Waals surface area contributed by atoms with E-state index in [9.17, 15) is 9.18 Å². The molecule has 118 valence electrons. The quantitative estimate of drug-likeness (QED) is 0.820. The number of rotatable bonds is 6. The van der Waals surface area contributed by atoms with E-state index in [1.54, 1.807) is 7.05 Å². The lowest BCUT2D eigenvalue weighted by molar-refractivity contribution is 0.0755. The molecule has 0 saturated heterocycles. The van der Waals surface area contributed by atoms with Crippen molar-refractivity contribution in [2.45, 2.75) is 26.5 Å². The maximum Gasteiger partial charge on any atom is 0.257 e. The standard InChI is InChI=1S/C15H18FN3O2S/c1-4-21-10(2)14-18-11(9-22-14)8-19(3)15(20)12-5-6-17-7-13(12)16/h5-7,9-10H,4,8H2,1-3H3/t10-/m0/s1. The van der Waals surface area contributed by atoms with Gasteiger partial charge in [0.05, 0.1) is 24.0 Å². The molecule has 0 bridgehead atoms. The molecular weight excluding hydrogens is 305 g/mol. The van der Waals surface area contributed by atoms with Gasteiger partial charge in [0, 0.05) is 25.2 Å². The van der Waals surface area contributed by atoms with Gasteiger partial charge in [-0.15, -0.1) is 11.3 Å². The molecule has 0 saturated carbocycles. The third-order valence-electron chi connectivity index (χ3n) is 3.08. The molecule has 7 heteroatoms. The Hall–Kier alpha value is -1.86. The molecule has 22 heavy (non-hydrogen) atoms. The molecular formula is C15H18FN3O2S. The van der Waals surface area contributed by atoms with Gasteiger partial charge >= 0.3 is 0 Å². The molecule has 2 heterocycles. The number of aromatic nitrogens is 2. The summed E-state index contributed by atoms with van der Waals surface area (Å²) < 4.78 is 19.1. The predicted molar refractivity (Wildman–Crippen MR) is 82.1 cm³/mol. The molecule has 2 aromatic rings. The van der Waals surface area contributed by atoms with Crippen molar-refractivity contribution in [1.29, 1.82) is 0 Å². The molecule has 1 amide bonds. The van der Waals surface area contributed by atoms with Crippen molar-refractivity contribution in [3.05, 3.63) is 45.9 Å². The van der Waals surface area contributed by atoms with E-state index < -0.39 is 11.7 Å². The molecule has 0 aromatic carbocycles. The highest BCUT2D eigenvalue weighted by Crippen LogP contribution is 2.22. The molecule has 5 nitrogen and oxygen atoms in total. The first kappa shape index (κ1) is 16.5. The van der Waals surface area contributed by atoms with E-state index in [0.717, 1.165) is 16.9 Å². The van der Waals surface area contributed by atoms with E-state index in [0.29, 0.717) is 13.2 Å². The van der Waals surface area contributed by atoms with Gasteiger partial charge in [0.2, 0.25) is 0 Å². The number of carbonyl (C=O) groups excluding carboxylic acids is 1. The minimum Gasteiger partial charge on any atom is -0.372 e. The van der Waals surface area contributed by atoms with Crippen molar-refractivity contribution in [2.24, 2.45) is 0 Å². The highest BCUT2D eigenvalue weighted by Gasteiger charge is 2.18. The lowest BCUT2D eigenvalue weighted by Gasteiger charge is -2.16. The number of carbonyl (C=O) groups is 1. The molecule has 0 aliphatic heterocycles. The Bertz CT molecular complexity index is 647. The van der Waals surface area contributed by atoms with Crippen LogP contribution >= 0.6 is 11.3 Å². The molecule has 1 atom stereocenters. The molecule has 0 aliphatic rings. The lowest BCUT2D eigenvalue weighted by atomic mass is 10.2. The number of ether oxygens (including phenoxy) is 1. The third kappa shape index (κ3) is 3.86. The smallest absolute Gasteiger partial charge is 0.257 e. The second-order valence-corrected chi connectivity index (χ2v) is 5.68. The van der Waals surface area contributed by atoms with Crippen molar-refractivity contribution in [3.63, 3.8) is 0 Å². The van der Waals surface area contributed by atoms with E-state index in [1.165, 1.54) is 28.5 Å². The normalized spacial score (nSPS) is 12.2. The minimum absolute atomic E-state index is 0.00985. The average Bonchev–Trinajstić information content (AvgIpc) is 2.96. The maximum absolute atomic E-state index is 13.6. The Morgan fingerprint density at radius 1 is 1.55 bits per heavy atom. The van der Waals surface area contributed by atoms with Crippen molar-refractivity contribution >= 4 is 17.2 Å². The number of hydrogen-bond acceptors (Lipinski definition) is 5. The zero-order valence-electron chi connectivity index (χ0n) is 12.7. The van der Waals surface area contributed by atoms with Gasteiger partial charge in [0.25, 0.3) is 5.91 Å². The van der Waals surface area contributed by atoms with Gasteiger partial charge in [-0.25, -0.2) is 9.37 Å². The molecule has 0 spiro atoms. The number of thiazole rings is 1. The van der Waals surface area contributed by atoms with Crippen LogP contribution in [-0.4, -0.2) is 34.4 Å². The van der Waals surface area contributed by atoms with Crippen LogP contribution in [-0.2, 0) is 11.3 Å². The largest absolute Gasteiger partial charge is 0.372 e. The van der Waals surface area contributed by atoms with Crippen LogP contribution in [0.5, 0.6) is 0 Å². The Kier molecular flexibility index (Phi) is 5.57. The van der Waals surface area contributed by atoms with Crippen LogP contribution in [0.3, 0.4) is 0 Å². The van der Waals surface area contributed by atoms with Crippen molar-refractivity contribution in [2.75, 3.05) is 13.7 Å². The molecule has 0 unspecified atom stereocenters. The van der Waals surface area contributed by atoms with Crippen LogP contribution in [0, 0.1) is 5.82 Å². The summed E-state index contributed by atoms with van der Waals surface area (Å²) >= 11 is 1.49. The van der Waals surface area contributed by atoms with Gasteiger partial charge in [-0.2, -0.15) is 0 Å². The van der Waals surface area contributed by atoms with E-state index in [2.05, 4.69) is 9.97 Å². The van der Waals surface area contributed by atoms with Crippen molar-refractivity contribution < 1.29 is 13.9 Å². The third-order valence-corrected chi connectivity index (χ3v) is 4.14. The van der Waals surface area contributed by atoms with Gasteiger partial charge in [-0.1, -0.05) is 0 Å². The van der Waals surface area contributed by atoms with Crippen LogP contribution in [0.2, 0.25) is 0 Å². The summed E-state index contributed by atoms with van der Waals surface area (Å²) in [5.74, 6) is -1.02. The second-order valence-electron chi connectivity index (χ2n) is 4.79. The van der Waals surface area contributed by atoms with E-state index in [4.69, 9.17) is 4.74 Å². The zero-order valence-corrected chi connectivity index (χ0v) is 13.6. The van der Waals surface area contributed by atoms with Gasteiger partial charge in [0.1, 0.15) is 11.1 Å². The summed E-state index contributed by atoms with van der Waals surface area (Å²) in [5, 5.41) is 2.75. The molecule has 0 aliphatic carbocycles. The predicted octanol–water partition coefficient (Wildman–Crippen LogP) is 3.05. The number of nitrogens with zero attached hydrogens (tertiary/aromatic N) is 3.